The van der Waals surface area contributed by atoms with Crippen molar-refractivity contribution in [3.05, 3.63) is 90.0 Å². The molecular weight excluding hydrogens is 550 g/mol. The fraction of sp³-hybridized carbons (Fsp3) is 0.394. The van der Waals surface area contributed by atoms with Crippen LogP contribution in [0, 0.1) is 6.92 Å². The molecule has 2 amide bonds. The molecule has 42 heavy (non-hydrogen) atoms. The predicted molar refractivity (Wildman–Crippen MR) is 165 cm³/mol. The summed E-state index contributed by atoms with van der Waals surface area (Å²) in [5.41, 5.74) is 2.10. The van der Waals surface area contributed by atoms with Crippen molar-refractivity contribution < 1.29 is 22.7 Å². The Morgan fingerprint density at radius 2 is 1.57 bits per heavy atom. The van der Waals surface area contributed by atoms with E-state index in [0.717, 1.165) is 41.1 Å². The van der Waals surface area contributed by atoms with Crippen molar-refractivity contribution in [2.75, 3.05) is 18.0 Å². The highest BCUT2D eigenvalue weighted by atomic mass is 32.2. The third kappa shape index (κ3) is 7.70. The topological polar surface area (TPSA) is 96.0 Å². The van der Waals surface area contributed by atoms with E-state index in [2.05, 4.69) is 5.32 Å². The van der Waals surface area contributed by atoms with E-state index in [1.165, 1.54) is 18.4 Å². The van der Waals surface area contributed by atoms with E-state index >= 15 is 0 Å². The average Bonchev–Trinajstić information content (AvgIpc) is 3.01. The molecular formula is C33H41N3O5S. The second-order valence-corrected chi connectivity index (χ2v) is 12.7. The fourth-order valence-corrected chi connectivity index (χ4v) is 6.77. The molecule has 1 atom stereocenters. The lowest BCUT2D eigenvalue weighted by Crippen LogP contribution is -2.54. The van der Waals surface area contributed by atoms with Gasteiger partial charge < -0.3 is 15.0 Å². The summed E-state index contributed by atoms with van der Waals surface area (Å²) in [6, 6.07) is 21.9. The lowest BCUT2D eigenvalue weighted by Gasteiger charge is -2.34. The maximum atomic E-state index is 14.2. The van der Waals surface area contributed by atoms with Crippen LogP contribution in [-0.2, 0) is 26.2 Å². The number of benzene rings is 3. The van der Waals surface area contributed by atoms with Gasteiger partial charge in [-0.25, -0.2) is 8.42 Å². The Hall–Kier alpha value is -3.85. The Labute approximate surface area is 249 Å². The Bertz CT molecular complexity index is 1420. The molecule has 3 aromatic carbocycles. The fourth-order valence-electron chi connectivity index (χ4n) is 5.36. The van der Waals surface area contributed by atoms with Gasteiger partial charge in [-0.1, -0.05) is 74.2 Å². The number of sulfonamides is 1. The van der Waals surface area contributed by atoms with Gasteiger partial charge in [-0.05, 0) is 68.1 Å². The van der Waals surface area contributed by atoms with Gasteiger partial charge in [0.1, 0.15) is 18.3 Å². The maximum absolute atomic E-state index is 14.2. The first-order valence-electron chi connectivity index (χ1n) is 14.6. The molecule has 0 aliphatic heterocycles. The zero-order chi connectivity index (χ0) is 30.1. The molecule has 1 fully saturated rings. The molecule has 0 spiro atoms. The van der Waals surface area contributed by atoms with Crippen molar-refractivity contribution in [3.63, 3.8) is 0 Å². The summed E-state index contributed by atoms with van der Waals surface area (Å²) in [4.78, 5) is 29.4. The summed E-state index contributed by atoms with van der Waals surface area (Å²) < 4.78 is 34.4. The monoisotopic (exact) mass is 591 g/mol. The van der Waals surface area contributed by atoms with E-state index in [9.17, 15) is 18.0 Å². The van der Waals surface area contributed by atoms with Crippen LogP contribution in [0.2, 0.25) is 0 Å². The molecule has 1 saturated carbocycles. The minimum atomic E-state index is -4.12. The minimum Gasteiger partial charge on any atom is -0.497 e. The summed E-state index contributed by atoms with van der Waals surface area (Å²) in [6.07, 6.45) is 5.55. The highest BCUT2D eigenvalue weighted by Crippen LogP contribution is 2.27. The number of carbonyl (C=O) groups excluding carboxylic acids is 2. The van der Waals surface area contributed by atoms with Gasteiger partial charge in [0.15, 0.2) is 0 Å². The van der Waals surface area contributed by atoms with Crippen LogP contribution in [0.25, 0.3) is 0 Å². The van der Waals surface area contributed by atoms with E-state index in [4.69, 9.17) is 4.74 Å². The van der Waals surface area contributed by atoms with Gasteiger partial charge in [-0.3, -0.25) is 13.9 Å². The van der Waals surface area contributed by atoms with E-state index in [1.54, 1.807) is 48.5 Å². The Morgan fingerprint density at radius 1 is 0.929 bits per heavy atom. The van der Waals surface area contributed by atoms with Gasteiger partial charge in [0.2, 0.25) is 11.8 Å². The lowest BCUT2D eigenvalue weighted by atomic mass is 9.95. The van der Waals surface area contributed by atoms with Crippen LogP contribution in [-0.4, -0.2) is 50.9 Å². The summed E-state index contributed by atoms with van der Waals surface area (Å²) in [5, 5.41) is 3.17. The molecule has 1 aliphatic carbocycles. The number of nitrogens with zero attached hydrogens (tertiary/aromatic N) is 2. The standard InChI is InChI=1S/C33H41N3O5S/c1-4-31(33(38)34-27-13-9-6-10-14-27)35(23-26-11-7-5-8-12-26)32(37)24-36(28-17-19-29(41-3)20-18-28)42(39,40)30-21-15-25(2)16-22-30/h5,7-8,11-12,15-22,27,31H,4,6,9-10,13-14,23-24H2,1-3H3,(H,34,38)/t31-/m0/s1. The Morgan fingerprint density at radius 3 is 2.17 bits per heavy atom. The number of rotatable bonds is 12. The molecule has 0 aromatic heterocycles. The molecule has 0 unspecified atom stereocenters. The van der Waals surface area contributed by atoms with Crippen LogP contribution in [0.3, 0.4) is 0 Å². The number of aryl methyl sites for hydroxylation is 1. The largest absolute Gasteiger partial charge is 0.497 e. The zero-order valence-electron chi connectivity index (χ0n) is 24.7. The molecule has 0 radical (unpaired) electrons. The molecule has 0 saturated heterocycles. The molecule has 3 aromatic rings. The van der Waals surface area contributed by atoms with Gasteiger partial charge in [0.25, 0.3) is 10.0 Å². The third-order valence-corrected chi connectivity index (χ3v) is 9.57. The van der Waals surface area contributed by atoms with Crippen LogP contribution in [0.5, 0.6) is 5.75 Å². The van der Waals surface area contributed by atoms with E-state index in [-0.39, 0.29) is 23.4 Å². The molecule has 9 heteroatoms. The quantitative estimate of drug-likeness (QED) is 0.302. The Balaban J connectivity index is 1.69. The summed E-state index contributed by atoms with van der Waals surface area (Å²) in [5.74, 6) is -0.101. The first-order chi connectivity index (χ1) is 20.2. The molecule has 1 aliphatic rings. The summed E-state index contributed by atoms with van der Waals surface area (Å²) in [7, 11) is -2.59. The van der Waals surface area contributed by atoms with Crippen molar-refractivity contribution in [3.8, 4) is 5.75 Å². The van der Waals surface area contributed by atoms with Crippen molar-refractivity contribution in [2.45, 2.75) is 75.9 Å². The van der Waals surface area contributed by atoms with E-state index in [0.29, 0.717) is 17.9 Å². The minimum absolute atomic E-state index is 0.0772. The van der Waals surface area contributed by atoms with Crippen LogP contribution in [0.1, 0.15) is 56.6 Å². The van der Waals surface area contributed by atoms with Crippen LogP contribution < -0.4 is 14.4 Å². The number of methoxy groups -OCH3 is 1. The van der Waals surface area contributed by atoms with Crippen molar-refractivity contribution in [1.29, 1.82) is 0 Å². The van der Waals surface area contributed by atoms with Crippen LogP contribution in [0.4, 0.5) is 5.69 Å². The predicted octanol–water partition coefficient (Wildman–Crippen LogP) is 5.46. The zero-order valence-corrected chi connectivity index (χ0v) is 25.5. The number of nitrogens with one attached hydrogen (secondary N) is 1. The van der Waals surface area contributed by atoms with E-state index < -0.39 is 28.5 Å². The smallest absolute Gasteiger partial charge is 0.264 e. The van der Waals surface area contributed by atoms with Crippen molar-refractivity contribution >= 4 is 27.5 Å². The van der Waals surface area contributed by atoms with E-state index in [1.807, 2.05) is 44.2 Å². The highest BCUT2D eigenvalue weighted by Gasteiger charge is 2.34. The average molecular weight is 592 g/mol. The molecule has 0 heterocycles. The van der Waals surface area contributed by atoms with Crippen LogP contribution in [0.15, 0.2) is 83.8 Å². The highest BCUT2D eigenvalue weighted by molar-refractivity contribution is 7.92. The van der Waals surface area contributed by atoms with Crippen LogP contribution >= 0.6 is 0 Å². The molecule has 1 N–H and O–H groups in total. The molecule has 0 bridgehead atoms. The number of hydrogen-bond acceptors (Lipinski definition) is 5. The first kappa shape index (κ1) is 31.1. The van der Waals surface area contributed by atoms with Gasteiger partial charge in [0.05, 0.1) is 17.7 Å². The van der Waals surface area contributed by atoms with Gasteiger partial charge in [0, 0.05) is 12.6 Å². The maximum Gasteiger partial charge on any atom is 0.264 e. The number of amides is 2. The number of anilines is 1. The Kier molecular flexibility index (Phi) is 10.6. The summed E-state index contributed by atoms with van der Waals surface area (Å²) >= 11 is 0. The normalized spacial score (nSPS) is 14.5. The second-order valence-electron chi connectivity index (χ2n) is 10.8. The molecule has 8 nitrogen and oxygen atoms in total. The third-order valence-electron chi connectivity index (χ3n) is 7.78. The lowest BCUT2D eigenvalue weighted by molar-refractivity contribution is -0.140. The number of carbonyl (C=O) groups is 2. The van der Waals surface area contributed by atoms with Crippen molar-refractivity contribution in [1.82, 2.24) is 10.2 Å². The number of hydrogen-bond donors (Lipinski definition) is 1. The SMILES string of the molecule is CC[C@@H](C(=O)NC1CCCCC1)N(Cc1ccccc1)C(=O)CN(c1ccc(OC)cc1)S(=O)(=O)c1ccc(C)cc1. The molecule has 224 valence electrons. The van der Waals surface area contributed by atoms with Gasteiger partial charge >= 0.3 is 0 Å². The molecule has 4 rings (SSSR count). The van der Waals surface area contributed by atoms with Gasteiger partial charge in [-0.2, -0.15) is 0 Å². The number of ether oxygens (including phenoxy) is 1. The van der Waals surface area contributed by atoms with Crippen molar-refractivity contribution in [2.24, 2.45) is 0 Å². The summed E-state index contributed by atoms with van der Waals surface area (Å²) in [6.45, 7) is 3.46. The second kappa shape index (κ2) is 14.4. The van der Waals surface area contributed by atoms with Gasteiger partial charge in [-0.15, -0.1) is 0 Å². The first-order valence-corrected chi connectivity index (χ1v) is 16.0.